The molecule has 0 fully saturated rings. The molecule has 1 atom stereocenters. The molecule has 0 saturated carbocycles. The average molecular weight is 470 g/mol. The van der Waals surface area contributed by atoms with E-state index in [0.29, 0.717) is 24.3 Å². The van der Waals surface area contributed by atoms with Gasteiger partial charge in [0.25, 0.3) is 0 Å². The van der Waals surface area contributed by atoms with Crippen LogP contribution in [-0.2, 0) is 11.8 Å². The average Bonchev–Trinajstić information content (AvgIpc) is 2.85. The number of rotatable bonds is 12. The Bertz CT molecular complexity index is 907. The smallest absolute Gasteiger partial charge is 0.124 e. The Labute approximate surface area is 203 Å². The molecule has 0 heterocycles. The van der Waals surface area contributed by atoms with Gasteiger partial charge in [-0.2, -0.15) is 0 Å². The SMILES string of the molecule is CCCCC(CC)COc1cc(CCl)c(N(c2ccccc2)c2ccccc2)cc1CCl. The molecule has 0 aliphatic rings. The summed E-state index contributed by atoms with van der Waals surface area (Å²) in [4.78, 5) is 2.23. The number of hydrogen-bond donors (Lipinski definition) is 0. The molecule has 0 bridgehead atoms. The Morgan fingerprint density at radius 2 is 1.41 bits per heavy atom. The zero-order valence-corrected chi connectivity index (χ0v) is 20.6. The lowest BCUT2D eigenvalue weighted by Crippen LogP contribution is -2.14. The van der Waals surface area contributed by atoms with Crippen molar-refractivity contribution < 1.29 is 4.74 Å². The maximum Gasteiger partial charge on any atom is 0.124 e. The molecule has 32 heavy (non-hydrogen) atoms. The number of halogens is 2. The first-order valence-electron chi connectivity index (χ1n) is 11.5. The third-order valence-corrected chi connectivity index (χ3v) is 6.41. The van der Waals surface area contributed by atoms with Crippen LogP contribution in [0, 0.1) is 5.92 Å². The van der Waals surface area contributed by atoms with Gasteiger partial charge in [0.05, 0.1) is 18.2 Å². The van der Waals surface area contributed by atoms with Crippen LogP contribution in [0.5, 0.6) is 5.75 Å². The monoisotopic (exact) mass is 469 g/mol. The standard InChI is InChI=1S/C28H33Cl2NO/c1-3-5-12-22(4-2)21-32-28-18-23(19-29)27(17-24(28)20-30)31(25-13-8-6-9-14-25)26-15-10-7-11-16-26/h6-11,13-18,22H,3-5,12,19-21H2,1-2H3. The molecule has 1 unspecified atom stereocenters. The fourth-order valence-electron chi connectivity index (χ4n) is 3.89. The van der Waals surface area contributed by atoms with Crippen LogP contribution in [0.1, 0.15) is 50.7 Å². The minimum Gasteiger partial charge on any atom is -0.493 e. The number of anilines is 3. The van der Waals surface area contributed by atoms with Crippen LogP contribution in [0.4, 0.5) is 17.1 Å². The Morgan fingerprint density at radius 3 is 1.91 bits per heavy atom. The van der Waals surface area contributed by atoms with Gasteiger partial charge in [0, 0.05) is 22.8 Å². The molecule has 0 saturated heterocycles. The molecule has 0 radical (unpaired) electrons. The Hall–Kier alpha value is -2.16. The van der Waals surface area contributed by atoms with E-state index in [1.54, 1.807) is 0 Å². The number of ether oxygens (including phenoxy) is 1. The first-order chi connectivity index (χ1) is 15.7. The number of hydrogen-bond acceptors (Lipinski definition) is 2. The topological polar surface area (TPSA) is 12.5 Å². The number of alkyl halides is 2. The van der Waals surface area contributed by atoms with Crippen molar-refractivity contribution in [3.8, 4) is 5.75 Å². The first-order valence-corrected chi connectivity index (χ1v) is 12.6. The fourth-order valence-corrected chi connectivity index (χ4v) is 4.32. The fraction of sp³-hybridized carbons (Fsp3) is 0.357. The number of unbranched alkanes of at least 4 members (excludes halogenated alkanes) is 1. The highest BCUT2D eigenvalue weighted by atomic mass is 35.5. The highest BCUT2D eigenvalue weighted by Crippen LogP contribution is 2.40. The minimum absolute atomic E-state index is 0.383. The largest absolute Gasteiger partial charge is 0.493 e. The van der Waals surface area contributed by atoms with E-state index in [0.717, 1.165) is 40.4 Å². The van der Waals surface area contributed by atoms with Crippen molar-refractivity contribution in [3.05, 3.63) is 83.9 Å². The third kappa shape index (κ3) is 6.21. The Morgan fingerprint density at radius 1 is 0.812 bits per heavy atom. The second-order valence-corrected chi connectivity index (χ2v) is 8.62. The van der Waals surface area contributed by atoms with E-state index in [4.69, 9.17) is 27.9 Å². The van der Waals surface area contributed by atoms with Gasteiger partial charge >= 0.3 is 0 Å². The van der Waals surface area contributed by atoms with Crippen LogP contribution in [0.15, 0.2) is 72.8 Å². The highest BCUT2D eigenvalue weighted by molar-refractivity contribution is 6.18. The molecule has 0 spiro atoms. The van der Waals surface area contributed by atoms with Gasteiger partial charge in [0.2, 0.25) is 0 Å². The zero-order chi connectivity index (χ0) is 22.8. The molecule has 3 aromatic rings. The molecule has 2 nitrogen and oxygen atoms in total. The molecule has 3 rings (SSSR count). The van der Waals surface area contributed by atoms with Gasteiger partial charge in [0.15, 0.2) is 0 Å². The van der Waals surface area contributed by atoms with Gasteiger partial charge in [-0.3, -0.25) is 0 Å². The quantitative estimate of drug-likeness (QED) is 0.245. The zero-order valence-electron chi connectivity index (χ0n) is 19.1. The summed E-state index contributed by atoms with van der Waals surface area (Å²) in [5.74, 6) is 2.17. The van der Waals surface area contributed by atoms with Crippen molar-refractivity contribution >= 4 is 40.3 Å². The van der Waals surface area contributed by atoms with E-state index in [9.17, 15) is 0 Å². The van der Waals surface area contributed by atoms with Crippen LogP contribution in [0.3, 0.4) is 0 Å². The molecule has 0 amide bonds. The molecule has 3 aromatic carbocycles. The Balaban J connectivity index is 2.00. The minimum atomic E-state index is 0.383. The van der Waals surface area contributed by atoms with Crippen LogP contribution in [0.25, 0.3) is 0 Å². The van der Waals surface area contributed by atoms with Gasteiger partial charge in [-0.1, -0.05) is 69.5 Å². The molecule has 0 aliphatic carbocycles. The normalized spacial score (nSPS) is 11.9. The summed E-state index contributed by atoms with van der Waals surface area (Å²) in [5, 5.41) is 0. The molecule has 0 N–H and O–H groups in total. The number of benzene rings is 3. The summed E-state index contributed by atoms with van der Waals surface area (Å²) in [5.41, 5.74) is 5.18. The summed E-state index contributed by atoms with van der Waals surface area (Å²) < 4.78 is 6.31. The second kappa shape index (κ2) is 12.8. The summed E-state index contributed by atoms with van der Waals surface area (Å²) in [7, 11) is 0. The van der Waals surface area contributed by atoms with E-state index in [-0.39, 0.29) is 0 Å². The van der Waals surface area contributed by atoms with Crippen LogP contribution < -0.4 is 9.64 Å². The first kappa shape index (κ1) is 24.5. The summed E-state index contributed by atoms with van der Waals surface area (Å²) >= 11 is 12.9. The summed E-state index contributed by atoms with van der Waals surface area (Å²) in [6.45, 7) is 5.18. The van der Waals surface area contributed by atoms with E-state index in [1.807, 2.05) is 36.4 Å². The van der Waals surface area contributed by atoms with E-state index in [2.05, 4.69) is 55.1 Å². The maximum atomic E-state index is 6.46. The molecular weight excluding hydrogens is 437 g/mol. The second-order valence-electron chi connectivity index (χ2n) is 8.09. The van der Waals surface area contributed by atoms with Crippen molar-refractivity contribution in [1.82, 2.24) is 0 Å². The highest BCUT2D eigenvalue weighted by Gasteiger charge is 2.19. The van der Waals surface area contributed by atoms with Crippen molar-refractivity contribution in [3.63, 3.8) is 0 Å². The third-order valence-electron chi connectivity index (χ3n) is 5.84. The van der Waals surface area contributed by atoms with Crippen molar-refractivity contribution in [2.24, 2.45) is 5.92 Å². The lowest BCUT2D eigenvalue weighted by Gasteiger charge is -2.28. The maximum absolute atomic E-state index is 6.46. The van der Waals surface area contributed by atoms with Crippen LogP contribution >= 0.6 is 23.2 Å². The lowest BCUT2D eigenvalue weighted by molar-refractivity contribution is 0.232. The predicted octanol–water partition coefficient (Wildman–Crippen LogP) is 9.23. The summed E-state index contributed by atoms with van der Waals surface area (Å²) in [6.07, 6.45) is 4.76. The molecule has 170 valence electrons. The molecule has 0 aromatic heterocycles. The number of para-hydroxylation sites is 2. The van der Waals surface area contributed by atoms with Crippen molar-refractivity contribution in [2.75, 3.05) is 11.5 Å². The van der Waals surface area contributed by atoms with Gasteiger partial charge in [0.1, 0.15) is 5.75 Å². The van der Waals surface area contributed by atoms with Gasteiger partial charge in [-0.15, -0.1) is 23.2 Å². The lowest BCUT2D eigenvalue weighted by atomic mass is 10.0. The molecule has 0 aliphatic heterocycles. The van der Waals surface area contributed by atoms with Gasteiger partial charge in [-0.25, -0.2) is 0 Å². The van der Waals surface area contributed by atoms with Crippen LogP contribution in [0.2, 0.25) is 0 Å². The summed E-state index contributed by atoms with van der Waals surface area (Å²) in [6, 6.07) is 24.9. The van der Waals surface area contributed by atoms with Crippen molar-refractivity contribution in [1.29, 1.82) is 0 Å². The number of nitrogens with zero attached hydrogens (tertiary/aromatic N) is 1. The van der Waals surface area contributed by atoms with Gasteiger partial charge in [-0.05, 0) is 54.3 Å². The predicted molar refractivity (Wildman–Crippen MR) is 139 cm³/mol. The van der Waals surface area contributed by atoms with Gasteiger partial charge < -0.3 is 9.64 Å². The van der Waals surface area contributed by atoms with Crippen molar-refractivity contribution in [2.45, 2.75) is 51.3 Å². The Kier molecular flexibility index (Phi) is 9.77. The van der Waals surface area contributed by atoms with E-state index in [1.165, 1.54) is 19.3 Å². The van der Waals surface area contributed by atoms with Crippen LogP contribution in [-0.4, -0.2) is 6.61 Å². The molecular formula is C28H33Cl2NO. The molecule has 4 heteroatoms. The van der Waals surface area contributed by atoms with E-state index >= 15 is 0 Å². The van der Waals surface area contributed by atoms with E-state index < -0.39 is 0 Å².